The van der Waals surface area contributed by atoms with Crippen molar-refractivity contribution in [2.75, 3.05) is 0 Å². The van der Waals surface area contributed by atoms with Gasteiger partial charge in [-0.05, 0) is 11.6 Å². The summed E-state index contributed by atoms with van der Waals surface area (Å²) in [6, 6.07) is 9.34. The summed E-state index contributed by atoms with van der Waals surface area (Å²) in [5, 5.41) is 9.43. The van der Waals surface area contributed by atoms with Crippen LogP contribution in [0, 0.1) is 0 Å². The lowest BCUT2D eigenvalue weighted by Crippen LogP contribution is -2.34. The number of ether oxygens (including phenoxy) is 1. The fourth-order valence-corrected chi connectivity index (χ4v) is 1.52. The third-order valence-electron chi connectivity index (χ3n) is 2.74. The first-order chi connectivity index (χ1) is 8.99. The summed E-state index contributed by atoms with van der Waals surface area (Å²) in [5.74, 6) is -3.32. The molecule has 2 atom stereocenters. The molecule has 0 heterocycles. The predicted octanol–water partition coefficient (Wildman–Crippen LogP) is 3.33. The van der Waals surface area contributed by atoms with Gasteiger partial charge in [0.25, 0.3) is 5.92 Å². The second kappa shape index (κ2) is 7.16. The lowest BCUT2D eigenvalue weighted by molar-refractivity contribution is -0.0902. The topological polar surface area (TPSA) is 29.5 Å². The van der Waals surface area contributed by atoms with Gasteiger partial charge in [0.05, 0.1) is 12.7 Å². The van der Waals surface area contributed by atoms with Crippen LogP contribution >= 0.6 is 0 Å². The van der Waals surface area contributed by atoms with Gasteiger partial charge in [0, 0.05) is 6.42 Å². The Kier molecular flexibility index (Phi) is 5.86. The van der Waals surface area contributed by atoms with Crippen molar-refractivity contribution in [2.45, 2.75) is 31.2 Å². The summed E-state index contributed by atoms with van der Waals surface area (Å²) in [6.45, 7) is 6.81. The molecule has 1 rings (SSSR count). The molecule has 4 heteroatoms. The minimum Gasteiger partial charge on any atom is -0.386 e. The van der Waals surface area contributed by atoms with E-state index < -0.39 is 18.1 Å². The Morgan fingerprint density at radius 2 is 1.89 bits per heavy atom. The highest BCUT2D eigenvalue weighted by Gasteiger charge is 2.35. The largest absolute Gasteiger partial charge is 0.386 e. The quantitative estimate of drug-likeness (QED) is 0.733. The first-order valence-corrected chi connectivity index (χ1v) is 5.97. The molecule has 0 aliphatic heterocycles. The molecule has 104 valence electrons. The van der Waals surface area contributed by atoms with Crippen molar-refractivity contribution in [3.8, 4) is 0 Å². The van der Waals surface area contributed by atoms with Gasteiger partial charge in [-0.3, -0.25) is 0 Å². The van der Waals surface area contributed by atoms with Gasteiger partial charge < -0.3 is 9.84 Å². The number of benzene rings is 1. The summed E-state index contributed by atoms with van der Waals surface area (Å²) in [5.41, 5.74) is 0.930. The molecule has 0 aromatic heterocycles. The van der Waals surface area contributed by atoms with E-state index in [4.69, 9.17) is 4.74 Å². The van der Waals surface area contributed by atoms with Gasteiger partial charge in [-0.15, -0.1) is 6.58 Å². The monoisotopic (exact) mass is 268 g/mol. The SMILES string of the molecule is C=CC(CC(O)C(F)(F)C=C)OCc1ccccc1. The molecule has 1 aromatic rings. The molecule has 0 radical (unpaired) electrons. The number of hydrogen-bond donors (Lipinski definition) is 1. The van der Waals surface area contributed by atoms with E-state index in [1.54, 1.807) is 0 Å². The molecule has 0 amide bonds. The van der Waals surface area contributed by atoms with E-state index in [2.05, 4.69) is 13.2 Å². The van der Waals surface area contributed by atoms with Crippen molar-refractivity contribution < 1.29 is 18.6 Å². The molecule has 0 saturated heterocycles. The highest BCUT2D eigenvalue weighted by Crippen LogP contribution is 2.24. The smallest absolute Gasteiger partial charge is 0.291 e. The maximum atomic E-state index is 13.1. The van der Waals surface area contributed by atoms with Crippen LogP contribution in [-0.4, -0.2) is 23.2 Å². The number of rotatable bonds is 8. The fourth-order valence-electron chi connectivity index (χ4n) is 1.52. The number of aliphatic hydroxyl groups is 1. The van der Waals surface area contributed by atoms with Crippen LogP contribution in [-0.2, 0) is 11.3 Å². The molecule has 0 saturated carbocycles. The minimum atomic E-state index is -3.32. The van der Waals surface area contributed by atoms with E-state index in [1.165, 1.54) is 6.08 Å². The summed E-state index contributed by atoms with van der Waals surface area (Å²) in [7, 11) is 0. The predicted molar refractivity (Wildman–Crippen MR) is 71.0 cm³/mol. The third-order valence-corrected chi connectivity index (χ3v) is 2.74. The van der Waals surface area contributed by atoms with Gasteiger partial charge in [-0.1, -0.05) is 43.0 Å². The van der Waals surface area contributed by atoms with Gasteiger partial charge in [-0.2, -0.15) is 8.78 Å². The first kappa shape index (κ1) is 15.5. The van der Waals surface area contributed by atoms with Crippen LogP contribution < -0.4 is 0 Å². The number of hydrogen-bond acceptors (Lipinski definition) is 2. The Labute approximate surface area is 112 Å². The molecule has 0 bridgehead atoms. The Morgan fingerprint density at radius 3 is 2.42 bits per heavy atom. The van der Waals surface area contributed by atoms with Crippen LogP contribution in [0.3, 0.4) is 0 Å². The zero-order valence-corrected chi connectivity index (χ0v) is 10.6. The Balaban J connectivity index is 2.50. The molecular weight excluding hydrogens is 250 g/mol. The number of alkyl halides is 2. The highest BCUT2D eigenvalue weighted by atomic mass is 19.3. The van der Waals surface area contributed by atoms with Crippen molar-refractivity contribution in [2.24, 2.45) is 0 Å². The molecule has 0 aliphatic carbocycles. The van der Waals surface area contributed by atoms with Crippen LogP contribution in [0.1, 0.15) is 12.0 Å². The summed E-state index contributed by atoms with van der Waals surface area (Å²) in [6.07, 6.45) is -0.847. The lowest BCUT2D eigenvalue weighted by atomic mass is 10.1. The maximum Gasteiger partial charge on any atom is 0.291 e. The molecule has 2 nitrogen and oxygen atoms in total. The van der Waals surface area contributed by atoms with E-state index in [9.17, 15) is 13.9 Å². The normalized spacial score (nSPS) is 14.7. The highest BCUT2D eigenvalue weighted by molar-refractivity contribution is 5.13. The van der Waals surface area contributed by atoms with Gasteiger partial charge in [-0.25, -0.2) is 0 Å². The summed E-state index contributed by atoms with van der Waals surface area (Å²) < 4.78 is 31.7. The van der Waals surface area contributed by atoms with Crippen LogP contribution in [0.25, 0.3) is 0 Å². The van der Waals surface area contributed by atoms with Gasteiger partial charge in [0.15, 0.2) is 0 Å². The minimum absolute atomic E-state index is 0.227. The summed E-state index contributed by atoms with van der Waals surface area (Å²) >= 11 is 0. The second-order valence-electron chi connectivity index (χ2n) is 4.20. The number of aliphatic hydroxyl groups excluding tert-OH is 1. The lowest BCUT2D eigenvalue weighted by Gasteiger charge is -2.22. The van der Waals surface area contributed by atoms with Crippen molar-refractivity contribution in [1.82, 2.24) is 0 Å². The number of halogens is 2. The summed E-state index contributed by atoms with van der Waals surface area (Å²) in [4.78, 5) is 0. The third kappa shape index (κ3) is 4.93. The zero-order chi connectivity index (χ0) is 14.3. The average Bonchev–Trinajstić information content (AvgIpc) is 2.44. The molecular formula is C15H18F2O2. The Bertz CT molecular complexity index is 404. The molecule has 1 N–H and O–H groups in total. The van der Waals surface area contributed by atoms with Crippen molar-refractivity contribution in [1.29, 1.82) is 0 Å². The fraction of sp³-hybridized carbons (Fsp3) is 0.333. The van der Waals surface area contributed by atoms with E-state index in [0.29, 0.717) is 6.08 Å². The van der Waals surface area contributed by atoms with Crippen LogP contribution in [0.5, 0.6) is 0 Å². The molecule has 19 heavy (non-hydrogen) atoms. The average molecular weight is 268 g/mol. The van der Waals surface area contributed by atoms with Gasteiger partial charge >= 0.3 is 0 Å². The standard InChI is InChI=1S/C15H18F2O2/c1-3-13(10-14(18)15(16,17)4-2)19-11-12-8-6-5-7-9-12/h3-9,13-14,18H,1-2,10-11H2. The zero-order valence-electron chi connectivity index (χ0n) is 10.6. The van der Waals surface area contributed by atoms with E-state index in [-0.39, 0.29) is 13.0 Å². The maximum absolute atomic E-state index is 13.1. The van der Waals surface area contributed by atoms with Gasteiger partial charge in [0.2, 0.25) is 0 Å². The Hall–Kier alpha value is -1.52. The molecule has 0 aliphatic rings. The second-order valence-corrected chi connectivity index (χ2v) is 4.20. The van der Waals surface area contributed by atoms with E-state index in [1.807, 2.05) is 30.3 Å². The molecule has 0 fully saturated rings. The molecule has 0 spiro atoms. The van der Waals surface area contributed by atoms with Crippen LogP contribution in [0.15, 0.2) is 55.6 Å². The van der Waals surface area contributed by atoms with Crippen molar-refractivity contribution in [3.63, 3.8) is 0 Å². The molecule has 1 aromatic carbocycles. The van der Waals surface area contributed by atoms with Crippen LogP contribution in [0.2, 0.25) is 0 Å². The van der Waals surface area contributed by atoms with Crippen molar-refractivity contribution >= 4 is 0 Å². The van der Waals surface area contributed by atoms with E-state index >= 15 is 0 Å². The molecule has 2 unspecified atom stereocenters. The Morgan fingerprint density at radius 1 is 1.26 bits per heavy atom. The van der Waals surface area contributed by atoms with E-state index in [0.717, 1.165) is 5.56 Å². The van der Waals surface area contributed by atoms with Crippen molar-refractivity contribution in [3.05, 3.63) is 61.2 Å². The van der Waals surface area contributed by atoms with Crippen LogP contribution in [0.4, 0.5) is 8.78 Å². The first-order valence-electron chi connectivity index (χ1n) is 5.97. The van der Waals surface area contributed by atoms with Gasteiger partial charge in [0.1, 0.15) is 6.10 Å².